The highest BCUT2D eigenvalue weighted by atomic mass is 16.5. The molecule has 0 aliphatic rings. The minimum absolute atomic E-state index is 0.0597. The average molecular weight is 363 g/mol. The molecule has 0 fully saturated rings. The van der Waals surface area contributed by atoms with Gasteiger partial charge in [-0.25, -0.2) is 0 Å². The molecule has 0 aliphatic carbocycles. The molecule has 0 saturated carbocycles. The zero-order chi connectivity index (χ0) is 19.6. The van der Waals surface area contributed by atoms with Crippen molar-refractivity contribution in [3.05, 3.63) is 65.2 Å². The Labute approximate surface area is 156 Å². The van der Waals surface area contributed by atoms with Gasteiger partial charge in [-0.15, -0.1) is 0 Å². The minimum atomic E-state index is -0.973. The van der Waals surface area contributed by atoms with Gasteiger partial charge in [0, 0.05) is 12.0 Å². The summed E-state index contributed by atoms with van der Waals surface area (Å²) in [6.45, 7) is 0.0597. The van der Waals surface area contributed by atoms with Crippen molar-refractivity contribution in [2.75, 3.05) is 6.61 Å². The van der Waals surface area contributed by atoms with Crippen LogP contribution in [0.2, 0.25) is 0 Å². The molecule has 0 heterocycles. The number of rotatable bonds is 8. The van der Waals surface area contributed by atoms with Crippen LogP contribution >= 0.6 is 0 Å². The Hall–Kier alpha value is -3.84. The Balaban J connectivity index is 2.03. The van der Waals surface area contributed by atoms with Gasteiger partial charge >= 0.3 is 5.97 Å². The van der Waals surface area contributed by atoms with E-state index in [4.69, 9.17) is 20.4 Å². The number of amides is 1. The second kappa shape index (κ2) is 9.59. The van der Waals surface area contributed by atoms with Crippen molar-refractivity contribution in [2.45, 2.75) is 18.9 Å². The van der Waals surface area contributed by atoms with E-state index in [1.807, 2.05) is 12.1 Å². The SMILES string of the molecule is N#Cc1ccc(C(=O)N[C@H](CCC(=O)O)COc2cccc(C#N)c2)cc1. The van der Waals surface area contributed by atoms with Crippen LogP contribution < -0.4 is 10.1 Å². The number of carboxylic acids is 1. The topological polar surface area (TPSA) is 123 Å². The Kier molecular flexibility index (Phi) is 6.92. The van der Waals surface area contributed by atoms with Gasteiger partial charge in [-0.2, -0.15) is 10.5 Å². The van der Waals surface area contributed by atoms with Gasteiger partial charge in [0.25, 0.3) is 5.91 Å². The molecule has 0 saturated heterocycles. The molecule has 0 unspecified atom stereocenters. The number of nitrogens with one attached hydrogen (secondary N) is 1. The third kappa shape index (κ3) is 6.18. The molecule has 136 valence electrons. The molecule has 7 heteroatoms. The van der Waals surface area contributed by atoms with Crippen molar-refractivity contribution < 1.29 is 19.4 Å². The molecule has 0 bridgehead atoms. The third-order valence-electron chi connectivity index (χ3n) is 3.73. The van der Waals surface area contributed by atoms with Gasteiger partial charge in [-0.1, -0.05) is 6.07 Å². The van der Waals surface area contributed by atoms with Crippen molar-refractivity contribution in [1.82, 2.24) is 5.32 Å². The number of aliphatic carboxylic acids is 1. The number of nitriles is 2. The largest absolute Gasteiger partial charge is 0.491 e. The molecule has 0 aromatic heterocycles. The summed E-state index contributed by atoms with van der Waals surface area (Å²) in [6, 6.07) is 16.1. The van der Waals surface area contributed by atoms with Crippen LogP contribution in [-0.4, -0.2) is 29.6 Å². The smallest absolute Gasteiger partial charge is 0.303 e. The summed E-state index contributed by atoms with van der Waals surface area (Å²) in [7, 11) is 0. The lowest BCUT2D eigenvalue weighted by molar-refractivity contribution is -0.137. The predicted molar refractivity (Wildman–Crippen MR) is 95.9 cm³/mol. The van der Waals surface area contributed by atoms with E-state index in [9.17, 15) is 9.59 Å². The first-order valence-electron chi connectivity index (χ1n) is 8.17. The zero-order valence-electron chi connectivity index (χ0n) is 14.4. The van der Waals surface area contributed by atoms with Crippen molar-refractivity contribution in [3.63, 3.8) is 0 Å². The summed E-state index contributed by atoms with van der Waals surface area (Å²) < 4.78 is 5.61. The van der Waals surface area contributed by atoms with E-state index in [0.29, 0.717) is 22.4 Å². The molecular formula is C20H17N3O4. The van der Waals surface area contributed by atoms with Gasteiger partial charge in [0.15, 0.2) is 0 Å². The monoisotopic (exact) mass is 363 g/mol. The van der Waals surface area contributed by atoms with E-state index in [1.54, 1.807) is 24.3 Å². The first-order chi connectivity index (χ1) is 13.0. The number of nitrogens with zero attached hydrogens (tertiary/aromatic N) is 2. The van der Waals surface area contributed by atoms with E-state index in [0.717, 1.165) is 0 Å². The van der Waals surface area contributed by atoms with Gasteiger partial charge < -0.3 is 15.2 Å². The molecule has 0 spiro atoms. The summed E-state index contributed by atoms with van der Waals surface area (Å²) in [5.41, 5.74) is 1.24. The lowest BCUT2D eigenvalue weighted by Gasteiger charge is -2.19. The number of hydrogen-bond acceptors (Lipinski definition) is 5. The Morgan fingerprint density at radius 1 is 1.07 bits per heavy atom. The maximum absolute atomic E-state index is 12.4. The van der Waals surface area contributed by atoms with E-state index >= 15 is 0 Å². The molecule has 2 aromatic rings. The zero-order valence-corrected chi connectivity index (χ0v) is 14.4. The molecule has 7 nitrogen and oxygen atoms in total. The average Bonchev–Trinajstić information content (AvgIpc) is 2.70. The fourth-order valence-electron chi connectivity index (χ4n) is 2.31. The molecule has 2 N–H and O–H groups in total. The number of carboxylic acid groups (broad SMARTS) is 1. The molecule has 1 atom stereocenters. The van der Waals surface area contributed by atoms with Crippen LogP contribution in [0.5, 0.6) is 5.75 Å². The summed E-state index contributed by atoms with van der Waals surface area (Å²) in [5, 5.41) is 29.4. The fraction of sp³-hybridized carbons (Fsp3) is 0.200. The van der Waals surface area contributed by atoms with E-state index in [2.05, 4.69) is 5.32 Å². The van der Waals surface area contributed by atoms with Gasteiger partial charge in [0.05, 0.1) is 29.3 Å². The normalized spacial score (nSPS) is 10.9. The van der Waals surface area contributed by atoms with Gasteiger partial charge in [-0.3, -0.25) is 9.59 Å². The summed E-state index contributed by atoms with van der Waals surface area (Å²) in [6.07, 6.45) is 0.0647. The van der Waals surface area contributed by atoms with Crippen LogP contribution in [0.15, 0.2) is 48.5 Å². The Morgan fingerprint density at radius 2 is 1.78 bits per heavy atom. The maximum Gasteiger partial charge on any atom is 0.303 e. The predicted octanol–water partition coefficient (Wildman–Crippen LogP) is 2.47. The van der Waals surface area contributed by atoms with Gasteiger partial charge in [0.1, 0.15) is 12.4 Å². The van der Waals surface area contributed by atoms with Crippen LogP contribution in [0.25, 0.3) is 0 Å². The summed E-state index contributed by atoms with van der Waals surface area (Å²) in [4.78, 5) is 23.2. The number of ether oxygens (including phenoxy) is 1. The molecule has 27 heavy (non-hydrogen) atoms. The van der Waals surface area contributed by atoms with Crippen molar-refractivity contribution >= 4 is 11.9 Å². The lowest BCUT2D eigenvalue weighted by Crippen LogP contribution is -2.39. The quantitative estimate of drug-likeness (QED) is 0.742. The Bertz CT molecular complexity index is 895. The second-order valence-electron chi connectivity index (χ2n) is 5.74. The summed E-state index contributed by atoms with van der Waals surface area (Å²) in [5.74, 6) is -0.898. The maximum atomic E-state index is 12.4. The van der Waals surface area contributed by atoms with Crippen LogP contribution in [0.1, 0.15) is 34.3 Å². The number of hydrogen-bond donors (Lipinski definition) is 2. The minimum Gasteiger partial charge on any atom is -0.491 e. The standard InChI is InChI=1S/C20H17N3O4/c21-11-14-4-6-16(7-5-14)20(26)23-17(8-9-19(24)25)13-27-18-3-1-2-15(10-18)12-22/h1-7,10,17H,8-9,13H2,(H,23,26)(H,24,25)/t17-/m1/s1. The Morgan fingerprint density at radius 3 is 2.41 bits per heavy atom. The highest BCUT2D eigenvalue weighted by Crippen LogP contribution is 2.14. The third-order valence-corrected chi connectivity index (χ3v) is 3.73. The first-order valence-corrected chi connectivity index (χ1v) is 8.17. The molecule has 2 aromatic carbocycles. The molecule has 2 rings (SSSR count). The number of carbonyl (C=O) groups excluding carboxylic acids is 1. The number of carbonyl (C=O) groups is 2. The van der Waals surface area contributed by atoms with Crippen molar-refractivity contribution in [3.8, 4) is 17.9 Å². The molecule has 0 radical (unpaired) electrons. The van der Waals surface area contributed by atoms with E-state index < -0.39 is 12.0 Å². The fourth-order valence-corrected chi connectivity index (χ4v) is 2.31. The van der Waals surface area contributed by atoms with Crippen molar-refractivity contribution in [1.29, 1.82) is 10.5 Å². The van der Waals surface area contributed by atoms with Crippen LogP contribution in [0.4, 0.5) is 0 Å². The molecular weight excluding hydrogens is 346 g/mol. The van der Waals surface area contributed by atoms with E-state index in [-0.39, 0.29) is 25.4 Å². The highest BCUT2D eigenvalue weighted by Gasteiger charge is 2.16. The lowest BCUT2D eigenvalue weighted by atomic mass is 10.1. The van der Waals surface area contributed by atoms with Crippen LogP contribution in [-0.2, 0) is 4.79 Å². The second-order valence-corrected chi connectivity index (χ2v) is 5.74. The van der Waals surface area contributed by atoms with Crippen LogP contribution in [0, 0.1) is 22.7 Å². The van der Waals surface area contributed by atoms with Gasteiger partial charge in [-0.05, 0) is 48.9 Å². The molecule has 1 amide bonds. The van der Waals surface area contributed by atoms with Gasteiger partial charge in [0.2, 0.25) is 0 Å². The molecule has 0 aliphatic heterocycles. The van der Waals surface area contributed by atoms with Crippen molar-refractivity contribution in [2.24, 2.45) is 0 Å². The first kappa shape index (κ1) is 19.5. The highest BCUT2D eigenvalue weighted by molar-refractivity contribution is 5.94. The van der Waals surface area contributed by atoms with E-state index in [1.165, 1.54) is 24.3 Å². The van der Waals surface area contributed by atoms with Crippen LogP contribution in [0.3, 0.4) is 0 Å². The number of benzene rings is 2. The summed E-state index contributed by atoms with van der Waals surface area (Å²) >= 11 is 0.